The fourth-order valence-electron chi connectivity index (χ4n) is 4.99. The smallest absolute Gasteiger partial charge is 0.462 e. The van der Waals surface area contributed by atoms with E-state index >= 15 is 0 Å². The monoisotopic (exact) mass is 807 g/mol. The number of rotatable bonds is 38. The molecular weight excluding hydrogens is 731 g/mol. The fourth-order valence-corrected chi connectivity index (χ4v) is 5.78. The number of hydrogen-bond donors (Lipinski definition) is 3. The van der Waals surface area contributed by atoms with Crippen LogP contribution in [0.1, 0.15) is 149 Å². The lowest BCUT2D eigenvalue weighted by Crippen LogP contribution is -2.29. The van der Waals surface area contributed by atoms with Crippen molar-refractivity contribution in [2.45, 2.75) is 161 Å². The van der Waals surface area contributed by atoms with Gasteiger partial charge in [0.1, 0.15) is 12.7 Å². The Morgan fingerprint density at radius 3 is 1.52 bits per heavy atom. The van der Waals surface area contributed by atoms with Gasteiger partial charge in [-0.25, -0.2) is 4.57 Å². The summed E-state index contributed by atoms with van der Waals surface area (Å²) in [4.78, 5) is 34.9. The Balaban J connectivity index is 4.49. The van der Waals surface area contributed by atoms with Gasteiger partial charge in [-0.3, -0.25) is 18.6 Å². The van der Waals surface area contributed by atoms with Crippen molar-refractivity contribution in [3.05, 3.63) is 85.1 Å². The molecule has 0 saturated carbocycles. The highest BCUT2D eigenvalue weighted by molar-refractivity contribution is 7.47. The summed E-state index contributed by atoms with van der Waals surface area (Å²) in [5.74, 6) is -1.05. The first-order valence-electron chi connectivity index (χ1n) is 21.0. The standard InChI is InChI=1S/C45H75O10P/c1-3-5-7-9-11-13-15-17-19-20-21-22-23-25-27-29-31-33-35-37-45(49)55-43(41-54-56(50,51)53-39-42(47)38-46)40-52-44(48)36-34-32-30-28-26-24-18-16-14-12-10-8-6-4-2/h10-13,16-19,21-22,25,27,31,33,42-43,46-47H,3-9,14-15,20,23-24,26,28-30,32,34-41H2,1-2H3,(H,50,51)/b12-10+,13-11+,18-16+,19-17+,22-21+,27-25+,33-31+/t42-,43+/m0/s1. The summed E-state index contributed by atoms with van der Waals surface area (Å²) in [6, 6.07) is 0. The maximum absolute atomic E-state index is 12.6. The van der Waals surface area contributed by atoms with E-state index in [-0.39, 0.29) is 19.4 Å². The summed E-state index contributed by atoms with van der Waals surface area (Å²) in [5.41, 5.74) is 0. The molecule has 0 aromatic carbocycles. The highest BCUT2D eigenvalue weighted by Gasteiger charge is 2.27. The van der Waals surface area contributed by atoms with Crippen molar-refractivity contribution >= 4 is 19.8 Å². The minimum absolute atomic E-state index is 0.0530. The van der Waals surface area contributed by atoms with E-state index in [4.69, 9.17) is 19.1 Å². The SMILES string of the molecule is CCCC/C=C/C/C=C/CCCCCCCC(=O)OC[C@H](COP(=O)(O)OC[C@@H](O)CO)OC(=O)CC/C=C/C/C=C/C/C=C/C/C=C/C/C=C/CCCCC. The van der Waals surface area contributed by atoms with Crippen molar-refractivity contribution in [1.82, 2.24) is 0 Å². The van der Waals surface area contributed by atoms with Gasteiger partial charge in [-0.05, 0) is 77.0 Å². The van der Waals surface area contributed by atoms with Gasteiger partial charge < -0.3 is 24.6 Å². The molecule has 0 aliphatic carbocycles. The Labute approximate surface area is 339 Å². The van der Waals surface area contributed by atoms with Crippen LogP contribution in [0.5, 0.6) is 0 Å². The molecule has 0 aliphatic heterocycles. The molecule has 0 aromatic heterocycles. The number of aliphatic hydroxyl groups is 2. The van der Waals surface area contributed by atoms with Gasteiger partial charge in [0.05, 0.1) is 19.8 Å². The molecule has 0 fully saturated rings. The van der Waals surface area contributed by atoms with Crippen LogP contribution < -0.4 is 0 Å². The zero-order valence-electron chi connectivity index (χ0n) is 34.6. The van der Waals surface area contributed by atoms with E-state index in [0.717, 1.165) is 70.6 Å². The molecule has 0 bridgehead atoms. The van der Waals surface area contributed by atoms with E-state index in [1.165, 1.54) is 38.5 Å². The molecule has 0 amide bonds. The topological polar surface area (TPSA) is 149 Å². The zero-order chi connectivity index (χ0) is 41.2. The number of unbranched alkanes of at least 4 members (excludes halogenated alkanes) is 10. The van der Waals surface area contributed by atoms with E-state index in [2.05, 4.69) is 91.3 Å². The minimum atomic E-state index is -4.64. The van der Waals surface area contributed by atoms with E-state index in [9.17, 15) is 24.2 Å². The van der Waals surface area contributed by atoms with E-state index in [1.807, 2.05) is 12.2 Å². The average molecular weight is 807 g/mol. The van der Waals surface area contributed by atoms with Crippen molar-refractivity contribution in [3.8, 4) is 0 Å². The number of carbonyl (C=O) groups excluding carboxylic acids is 2. The lowest BCUT2D eigenvalue weighted by molar-refractivity contribution is -0.161. The average Bonchev–Trinajstić information content (AvgIpc) is 3.19. The molecule has 0 spiro atoms. The molecule has 56 heavy (non-hydrogen) atoms. The molecular formula is C45H75O10P. The van der Waals surface area contributed by atoms with Gasteiger partial charge in [-0.1, -0.05) is 144 Å². The van der Waals surface area contributed by atoms with Crippen molar-refractivity contribution in [1.29, 1.82) is 0 Å². The minimum Gasteiger partial charge on any atom is -0.462 e. The Bertz CT molecular complexity index is 1200. The zero-order valence-corrected chi connectivity index (χ0v) is 35.5. The highest BCUT2D eigenvalue weighted by atomic mass is 31.2. The fraction of sp³-hybridized carbons (Fsp3) is 0.644. The first-order valence-corrected chi connectivity index (χ1v) is 22.5. The summed E-state index contributed by atoms with van der Waals surface area (Å²) >= 11 is 0. The number of carbonyl (C=O) groups is 2. The Morgan fingerprint density at radius 2 is 0.982 bits per heavy atom. The summed E-state index contributed by atoms with van der Waals surface area (Å²) in [6.07, 6.45) is 47.0. The van der Waals surface area contributed by atoms with Crippen LogP contribution in [0.25, 0.3) is 0 Å². The maximum atomic E-state index is 12.6. The van der Waals surface area contributed by atoms with Crippen LogP contribution in [0.4, 0.5) is 0 Å². The number of phosphoric ester groups is 1. The Morgan fingerprint density at radius 1 is 0.536 bits per heavy atom. The van der Waals surface area contributed by atoms with E-state index < -0.39 is 51.8 Å². The Hall–Kier alpha value is -2.85. The third kappa shape index (κ3) is 39.4. The highest BCUT2D eigenvalue weighted by Crippen LogP contribution is 2.43. The van der Waals surface area contributed by atoms with Crippen molar-refractivity contribution < 1.29 is 47.8 Å². The summed E-state index contributed by atoms with van der Waals surface area (Å²) in [5, 5.41) is 18.3. The molecule has 0 radical (unpaired) electrons. The van der Waals surface area contributed by atoms with Crippen molar-refractivity contribution in [2.24, 2.45) is 0 Å². The van der Waals surface area contributed by atoms with Crippen LogP contribution in [0, 0.1) is 0 Å². The Kier molecular flexibility index (Phi) is 38.3. The van der Waals surface area contributed by atoms with Gasteiger partial charge in [0, 0.05) is 12.8 Å². The molecule has 3 N–H and O–H groups in total. The lowest BCUT2D eigenvalue weighted by atomic mass is 10.1. The summed E-state index contributed by atoms with van der Waals surface area (Å²) < 4.78 is 32.6. The quantitative estimate of drug-likeness (QED) is 0.0238. The normalized spacial score (nSPS) is 14.7. The van der Waals surface area contributed by atoms with Gasteiger partial charge in [0.25, 0.3) is 0 Å². The third-order valence-electron chi connectivity index (χ3n) is 8.29. The molecule has 0 aliphatic rings. The van der Waals surface area contributed by atoms with Gasteiger partial charge in [-0.2, -0.15) is 0 Å². The number of esters is 2. The molecule has 320 valence electrons. The second kappa shape index (κ2) is 40.4. The largest absolute Gasteiger partial charge is 0.472 e. The molecule has 1 unspecified atom stereocenters. The summed E-state index contributed by atoms with van der Waals surface area (Å²) in [7, 11) is -4.64. The predicted octanol–water partition coefficient (Wildman–Crippen LogP) is 11.1. The van der Waals surface area contributed by atoms with E-state index in [0.29, 0.717) is 12.8 Å². The lowest BCUT2D eigenvalue weighted by Gasteiger charge is -2.20. The molecule has 0 aromatic rings. The molecule has 0 heterocycles. The first-order chi connectivity index (χ1) is 27.2. The number of aliphatic hydroxyl groups excluding tert-OH is 2. The van der Waals surface area contributed by atoms with Gasteiger partial charge >= 0.3 is 19.8 Å². The van der Waals surface area contributed by atoms with Crippen molar-refractivity contribution in [3.63, 3.8) is 0 Å². The molecule has 11 heteroatoms. The predicted molar refractivity (Wildman–Crippen MR) is 228 cm³/mol. The van der Waals surface area contributed by atoms with Gasteiger partial charge in [-0.15, -0.1) is 0 Å². The number of hydrogen-bond acceptors (Lipinski definition) is 9. The first kappa shape index (κ1) is 53.1. The number of phosphoric acid groups is 1. The molecule has 3 atom stereocenters. The van der Waals surface area contributed by atoms with Crippen LogP contribution in [-0.4, -0.2) is 65.7 Å². The summed E-state index contributed by atoms with van der Waals surface area (Å²) in [6.45, 7) is 2.18. The maximum Gasteiger partial charge on any atom is 0.472 e. The molecule has 0 saturated heterocycles. The van der Waals surface area contributed by atoms with Crippen LogP contribution in [0.2, 0.25) is 0 Å². The van der Waals surface area contributed by atoms with Crippen molar-refractivity contribution in [2.75, 3.05) is 26.4 Å². The molecule has 10 nitrogen and oxygen atoms in total. The van der Waals surface area contributed by atoms with Crippen LogP contribution in [-0.2, 0) is 32.7 Å². The van der Waals surface area contributed by atoms with Crippen LogP contribution in [0.3, 0.4) is 0 Å². The van der Waals surface area contributed by atoms with E-state index in [1.54, 1.807) is 0 Å². The van der Waals surface area contributed by atoms with Gasteiger partial charge in [0.2, 0.25) is 0 Å². The third-order valence-corrected chi connectivity index (χ3v) is 9.24. The number of ether oxygens (including phenoxy) is 2. The van der Waals surface area contributed by atoms with Crippen LogP contribution in [0.15, 0.2) is 85.1 Å². The molecule has 0 rings (SSSR count). The second-order valence-electron chi connectivity index (χ2n) is 13.7. The second-order valence-corrected chi connectivity index (χ2v) is 15.1. The van der Waals surface area contributed by atoms with Gasteiger partial charge in [0.15, 0.2) is 6.10 Å². The number of allylic oxidation sites excluding steroid dienone is 14. The van der Waals surface area contributed by atoms with Crippen LogP contribution >= 0.6 is 7.82 Å².